The van der Waals surface area contributed by atoms with Crippen molar-refractivity contribution in [2.45, 2.75) is 79.1 Å². The van der Waals surface area contributed by atoms with E-state index < -0.39 is 57.9 Å². The molecule has 0 bridgehead atoms. The van der Waals surface area contributed by atoms with E-state index in [1.807, 2.05) is 26.8 Å². The Morgan fingerprint density at radius 2 is 1.76 bits per heavy atom. The van der Waals surface area contributed by atoms with Crippen molar-refractivity contribution in [3.63, 3.8) is 0 Å². The molecule has 0 spiro atoms. The fourth-order valence-corrected chi connectivity index (χ4v) is 7.75. The Kier molecular flexibility index (Phi) is 5.05. The summed E-state index contributed by atoms with van der Waals surface area (Å²) in [7, 11) is 0. The van der Waals surface area contributed by atoms with Gasteiger partial charge in [0.2, 0.25) is 0 Å². The Morgan fingerprint density at radius 3 is 2.36 bits per heavy atom. The fraction of sp³-hybridized carbons (Fsp3) is 0.692. The quantitative estimate of drug-likeness (QED) is 0.337. The lowest BCUT2D eigenvalue weighted by atomic mass is 9.37. The van der Waals surface area contributed by atoms with E-state index in [4.69, 9.17) is 14.2 Å². The molecule has 2 saturated carbocycles. The second-order valence-electron chi connectivity index (χ2n) is 11.4. The number of Topliss-reactive ketones (excluding diaryl/α,β-unsaturated/α-hetero) is 1. The van der Waals surface area contributed by atoms with Crippen molar-refractivity contribution in [1.29, 1.82) is 0 Å². The standard InChI is InChI=1S/C26H34O7/c1-13-11-17-24(6)10-9-19(28)33-23(4,5)16(24)12-18(32-15(3)27)26(17,8)20-22(30)31-14(2)21(29)25(13,20)7/h9-10,14,16-18,20H,1,11-12H2,2-8H3/t14-,16+,17-,18+,20-,24-,25-,26-/m1/s1. The van der Waals surface area contributed by atoms with Crippen LogP contribution in [0.5, 0.6) is 0 Å². The van der Waals surface area contributed by atoms with Gasteiger partial charge in [0.05, 0.1) is 11.3 Å². The molecular weight excluding hydrogens is 424 g/mol. The minimum atomic E-state index is -1.13. The van der Waals surface area contributed by atoms with E-state index in [1.54, 1.807) is 13.8 Å². The van der Waals surface area contributed by atoms with Crippen LogP contribution in [0.25, 0.3) is 0 Å². The van der Waals surface area contributed by atoms with E-state index >= 15 is 0 Å². The highest BCUT2D eigenvalue weighted by Gasteiger charge is 2.73. The van der Waals surface area contributed by atoms with Crippen LogP contribution in [0.2, 0.25) is 0 Å². The second kappa shape index (κ2) is 7.03. The van der Waals surface area contributed by atoms with Crippen LogP contribution in [0.4, 0.5) is 0 Å². The fourth-order valence-electron chi connectivity index (χ4n) is 7.75. The van der Waals surface area contributed by atoms with Gasteiger partial charge < -0.3 is 14.2 Å². The highest BCUT2D eigenvalue weighted by molar-refractivity contribution is 6.00. The molecule has 0 aromatic carbocycles. The smallest absolute Gasteiger partial charge is 0.330 e. The molecule has 1 saturated heterocycles. The van der Waals surface area contributed by atoms with Crippen LogP contribution < -0.4 is 0 Å². The van der Waals surface area contributed by atoms with Crippen molar-refractivity contribution in [3.05, 3.63) is 24.3 Å². The van der Waals surface area contributed by atoms with Crippen molar-refractivity contribution < 1.29 is 33.4 Å². The van der Waals surface area contributed by atoms with Gasteiger partial charge in [0.15, 0.2) is 11.9 Å². The molecule has 0 unspecified atom stereocenters. The van der Waals surface area contributed by atoms with Crippen LogP contribution in [0, 0.1) is 34.0 Å². The number of ketones is 1. The zero-order chi connectivity index (χ0) is 24.7. The summed E-state index contributed by atoms with van der Waals surface area (Å²) in [6, 6.07) is 0. The molecule has 33 heavy (non-hydrogen) atoms. The summed E-state index contributed by atoms with van der Waals surface area (Å²) < 4.78 is 17.2. The third kappa shape index (κ3) is 3.00. The van der Waals surface area contributed by atoms with E-state index in [-0.39, 0.29) is 17.6 Å². The van der Waals surface area contributed by atoms with Crippen LogP contribution in [-0.4, -0.2) is 41.5 Å². The van der Waals surface area contributed by atoms with E-state index in [0.29, 0.717) is 18.4 Å². The average molecular weight is 459 g/mol. The molecule has 3 fully saturated rings. The van der Waals surface area contributed by atoms with Crippen molar-refractivity contribution >= 4 is 23.7 Å². The van der Waals surface area contributed by atoms with Gasteiger partial charge >= 0.3 is 17.9 Å². The summed E-state index contributed by atoms with van der Waals surface area (Å²) in [6.07, 6.45) is 2.64. The number of esters is 3. The molecule has 2 aliphatic heterocycles. The highest BCUT2D eigenvalue weighted by atomic mass is 16.6. The maximum absolute atomic E-state index is 13.5. The lowest BCUT2D eigenvalue weighted by Crippen LogP contribution is -2.71. The van der Waals surface area contributed by atoms with Gasteiger partial charge in [-0.15, -0.1) is 0 Å². The van der Waals surface area contributed by atoms with Gasteiger partial charge in [-0.05, 0) is 51.9 Å². The van der Waals surface area contributed by atoms with Crippen molar-refractivity contribution in [3.8, 4) is 0 Å². The number of rotatable bonds is 1. The first kappa shape index (κ1) is 23.7. The van der Waals surface area contributed by atoms with Gasteiger partial charge in [-0.2, -0.15) is 0 Å². The zero-order valence-electron chi connectivity index (χ0n) is 20.5. The molecule has 4 rings (SSSR count). The Labute approximate surface area is 194 Å². The van der Waals surface area contributed by atoms with Gasteiger partial charge in [-0.1, -0.05) is 32.1 Å². The summed E-state index contributed by atoms with van der Waals surface area (Å²) >= 11 is 0. The average Bonchev–Trinajstić information content (AvgIpc) is 2.76. The maximum atomic E-state index is 13.5. The van der Waals surface area contributed by atoms with Gasteiger partial charge in [0, 0.05) is 24.3 Å². The number of carbonyl (C=O) groups excluding carboxylic acids is 4. The zero-order valence-corrected chi connectivity index (χ0v) is 20.5. The molecule has 7 heteroatoms. The number of carbonyl (C=O) groups is 4. The topological polar surface area (TPSA) is 96.0 Å². The number of allylic oxidation sites excluding steroid dienone is 2. The third-order valence-corrected chi connectivity index (χ3v) is 9.28. The largest absolute Gasteiger partial charge is 0.462 e. The summed E-state index contributed by atoms with van der Waals surface area (Å²) in [5.41, 5.74) is -2.80. The first-order chi connectivity index (χ1) is 15.1. The van der Waals surface area contributed by atoms with Gasteiger partial charge in [-0.25, -0.2) is 4.79 Å². The molecule has 0 aromatic rings. The third-order valence-electron chi connectivity index (χ3n) is 9.28. The Balaban J connectivity index is 1.98. The summed E-state index contributed by atoms with van der Waals surface area (Å²) in [5.74, 6) is -2.85. The van der Waals surface area contributed by atoms with E-state index in [1.165, 1.54) is 13.0 Å². The molecule has 0 N–H and O–H groups in total. The molecule has 0 aromatic heterocycles. The minimum absolute atomic E-state index is 0.180. The first-order valence-electron chi connectivity index (χ1n) is 11.6. The number of ether oxygens (including phenoxy) is 3. The second-order valence-corrected chi connectivity index (χ2v) is 11.4. The van der Waals surface area contributed by atoms with Crippen LogP contribution in [0.1, 0.15) is 61.3 Å². The van der Waals surface area contributed by atoms with E-state index in [9.17, 15) is 19.2 Å². The van der Waals surface area contributed by atoms with Gasteiger partial charge in [0.25, 0.3) is 0 Å². The van der Waals surface area contributed by atoms with Gasteiger partial charge in [-0.3, -0.25) is 14.4 Å². The SMILES string of the molecule is C=C1C[C@@H]2[C@]3(C)C=CC(=O)OC(C)(C)[C@@H]3C[C@H](OC(C)=O)[C@]2(C)[C@@H]2C(=O)O[C@H](C)C(=O)[C@]12C. The van der Waals surface area contributed by atoms with E-state index in [2.05, 4.69) is 13.5 Å². The number of hydrogen-bond acceptors (Lipinski definition) is 7. The predicted molar refractivity (Wildman–Crippen MR) is 119 cm³/mol. The normalized spacial score (nSPS) is 46.2. The monoisotopic (exact) mass is 458 g/mol. The number of fused-ring (bicyclic) bond motifs is 5. The van der Waals surface area contributed by atoms with E-state index in [0.717, 1.165) is 0 Å². The van der Waals surface area contributed by atoms with Crippen LogP contribution in [0.15, 0.2) is 24.3 Å². The number of hydrogen-bond donors (Lipinski definition) is 0. The van der Waals surface area contributed by atoms with Gasteiger partial charge in [0.1, 0.15) is 11.7 Å². The Bertz CT molecular complexity index is 993. The van der Waals surface area contributed by atoms with Crippen LogP contribution >= 0.6 is 0 Å². The first-order valence-corrected chi connectivity index (χ1v) is 11.6. The number of cyclic esters (lactones) is 2. The summed E-state index contributed by atoms with van der Waals surface area (Å²) in [5, 5.41) is 0. The maximum Gasteiger partial charge on any atom is 0.330 e. The van der Waals surface area contributed by atoms with Crippen LogP contribution in [-0.2, 0) is 33.4 Å². The summed E-state index contributed by atoms with van der Waals surface area (Å²) in [6.45, 7) is 16.7. The van der Waals surface area contributed by atoms with Crippen LogP contribution in [0.3, 0.4) is 0 Å². The van der Waals surface area contributed by atoms with Crippen molar-refractivity contribution in [1.82, 2.24) is 0 Å². The minimum Gasteiger partial charge on any atom is -0.462 e. The molecule has 180 valence electrons. The molecule has 0 radical (unpaired) electrons. The molecule has 2 heterocycles. The highest BCUT2D eigenvalue weighted by Crippen LogP contribution is 2.70. The van der Waals surface area contributed by atoms with Crippen molar-refractivity contribution in [2.24, 2.45) is 34.0 Å². The lowest BCUT2D eigenvalue weighted by molar-refractivity contribution is -0.237. The Hall–Kier alpha value is -2.44. The molecular formula is C26H34O7. The molecule has 7 nitrogen and oxygen atoms in total. The molecule has 0 amide bonds. The molecule has 2 aliphatic carbocycles. The predicted octanol–water partition coefficient (Wildman–Crippen LogP) is 3.56. The van der Waals surface area contributed by atoms with Crippen molar-refractivity contribution in [2.75, 3.05) is 0 Å². The molecule has 4 aliphatic rings. The molecule has 8 atom stereocenters. The summed E-state index contributed by atoms with van der Waals surface area (Å²) in [4.78, 5) is 51.6. The Morgan fingerprint density at radius 1 is 1.12 bits per heavy atom. The lowest BCUT2D eigenvalue weighted by Gasteiger charge is -2.67.